The number of halogens is 2. The van der Waals surface area contributed by atoms with Crippen LogP contribution in [0.1, 0.15) is 24.8 Å². The molecule has 1 aromatic rings. The van der Waals surface area contributed by atoms with Crippen LogP contribution in [0.3, 0.4) is 0 Å². The lowest BCUT2D eigenvalue weighted by Gasteiger charge is -2.36. The Hall–Kier alpha value is -0.330. The zero-order chi connectivity index (χ0) is 14.1. The molecule has 4 nitrogen and oxygen atoms in total. The molecular weight excluding hydrogens is 309 g/mol. The molecular formula is C12H15Cl2NO3S. The summed E-state index contributed by atoms with van der Waals surface area (Å²) in [5, 5.41) is 10.6. The maximum absolute atomic E-state index is 11.9. The molecule has 1 aliphatic rings. The summed E-state index contributed by atoms with van der Waals surface area (Å²) in [5.41, 5.74) is -0.312. The van der Waals surface area contributed by atoms with E-state index in [2.05, 4.69) is 4.72 Å². The summed E-state index contributed by atoms with van der Waals surface area (Å²) < 4.78 is 26.2. The molecule has 7 heteroatoms. The molecule has 0 bridgehead atoms. The van der Waals surface area contributed by atoms with E-state index in [1.54, 1.807) is 12.1 Å². The summed E-state index contributed by atoms with van der Waals surface area (Å²) in [6.07, 6.45) is 2.22. The predicted molar refractivity (Wildman–Crippen MR) is 75.9 cm³/mol. The van der Waals surface area contributed by atoms with E-state index in [1.807, 2.05) is 0 Å². The second-order valence-corrected chi connectivity index (χ2v) is 7.53. The first-order valence-corrected chi connectivity index (χ1v) is 8.34. The third-order valence-corrected chi connectivity index (χ3v) is 5.28. The quantitative estimate of drug-likeness (QED) is 0.873. The second-order valence-electron chi connectivity index (χ2n) is 4.91. The van der Waals surface area contributed by atoms with E-state index in [-0.39, 0.29) is 12.3 Å². The van der Waals surface area contributed by atoms with Gasteiger partial charge in [0.1, 0.15) is 0 Å². The number of benzene rings is 1. The Kier molecular flexibility index (Phi) is 4.42. The topological polar surface area (TPSA) is 66.4 Å². The molecule has 0 unspecified atom stereocenters. The van der Waals surface area contributed by atoms with Crippen molar-refractivity contribution in [3.8, 4) is 0 Å². The van der Waals surface area contributed by atoms with Gasteiger partial charge in [0.05, 0.1) is 21.4 Å². The van der Waals surface area contributed by atoms with Crippen molar-refractivity contribution in [3.63, 3.8) is 0 Å². The molecule has 0 heterocycles. The van der Waals surface area contributed by atoms with E-state index in [0.717, 1.165) is 6.42 Å². The molecule has 0 aromatic heterocycles. The van der Waals surface area contributed by atoms with Crippen LogP contribution in [0.15, 0.2) is 18.2 Å². The van der Waals surface area contributed by atoms with Crippen LogP contribution in [0.4, 0.5) is 0 Å². The lowest BCUT2D eigenvalue weighted by molar-refractivity contribution is -0.0271. The molecule has 106 valence electrons. The van der Waals surface area contributed by atoms with Crippen molar-refractivity contribution in [1.82, 2.24) is 4.72 Å². The van der Waals surface area contributed by atoms with Crippen molar-refractivity contribution in [2.24, 2.45) is 0 Å². The second kappa shape index (κ2) is 5.58. The Balaban J connectivity index is 1.98. The molecule has 0 aliphatic heterocycles. The van der Waals surface area contributed by atoms with Crippen molar-refractivity contribution in [1.29, 1.82) is 0 Å². The van der Waals surface area contributed by atoms with Crippen LogP contribution in [-0.2, 0) is 15.8 Å². The van der Waals surface area contributed by atoms with Gasteiger partial charge < -0.3 is 5.11 Å². The number of hydrogen-bond acceptors (Lipinski definition) is 3. The van der Waals surface area contributed by atoms with Crippen molar-refractivity contribution >= 4 is 33.2 Å². The molecule has 1 fully saturated rings. The number of nitrogens with one attached hydrogen (secondary N) is 1. The normalized spacial score (nSPS) is 18.1. The van der Waals surface area contributed by atoms with Crippen LogP contribution in [0, 0.1) is 0 Å². The van der Waals surface area contributed by atoms with Gasteiger partial charge in [-0.15, -0.1) is 0 Å². The summed E-state index contributed by atoms with van der Waals surface area (Å²) in [6, 6.07) is 4.71. The first-order valence-electron chi connectivity index (χ1n) is 5.93. The van der Waals surface area contributed by atoms with Gasteiger partial charge in [-0.1, -0.05) is 29.3 Å². The minimum atomic E-state index is -3.49. The smallest absolute Gasteiger partial charge is 0.215 e. The summed E-state index contributed by atoms with van der Waals surface area (Å²) in [7, 11) is -3.49. The Bertz CT molecular complexity index is 570. The lowest BCUT2D eigenvalue weighted by Crippen LogP contribution is -2.47. The SMILES string of the molecule is O=S(=O)(Cc1ccc(Cl)c(Cl)c1)NCC1(O)CCC1. The number of aliphatic hydroxyl groups is 1. The average molecular weight is 324 g/mol. The van der Waals surface area contributed by atoms with Crippen molar-refractivity contribution in [2.45, 2.75) is 30.6 Å². The van der Waals surface area contributed by atoms with Gasteiger partial charge in [0.15, 0.2) is 0 Å². The standard InChI is InChI=1S/C12H15Cl2NO3S/c13-10-3-2-9(6-11(10)14)7-19(17,18)15-8-12(16)4-1-5-12/h2-3,6,15-16H,1,4-5,7-8H2. The highest BCUT2D eigenvalue weighted by molar-refractivity contribution is 7.88. The lowest BCUT2D eigenvalue weighted by atomic mass is 9.81. The molecule has 2 N–H and O–H groups in total. The predicted octanol–water partition coefficient (Wildman–Crippen LogP) is 2.33. The molecule has 1 aromatic carbocycles. The fourth-order valence-corrected chi connectivity index (χ4v) is 3.44. The zero-order valence-electron chi connectivity index (χ0n) is 10.2. The number of sulfonamides is 1. The van der Waals surface area contributed by atoms with E-state index < -0.39 is 15.6 Å². The Morgan fingerprint density at radius 1 is 1.26 bits per heavy atom. The largest absolute Gasteiger partial charge is 0.389 e. The molecule has 0 amide bonds. The van der Waals surface area contributed by atoms with E-state index >= 15 is 0 Å². The maximum Gasteiger partial charge on any atom is 0.215 e. The first kappa shape index (κ1) is 15.1. The number of rotatable bonds is 5. The van der Waals surface area contributed by atoms with Crippen LogP contribution >= 0.6 is 23.2 Å². The molecule has 0 spiro atoms. The fourth-order valence-electron chi connectivity index (χ4n) is 1.91. The van der Waals surface area contributed by atoms with Gasteiger partial charge in [-0.05, 0) is 37.0 Å². The third-order valence-electron chi connectivity index (χ3n) is 3.25. The Morgan fingerprint density at radius 2 is 1.95 bits per heavy atom. The van der Waals surface area contributed by atoms with Crippen LogP contribution in [0.5, 0.6) is 0 Å². The van der Waals surface area contributed by atoms with Gasteiger partial charge in [-0.25, -0.2) is 13.1 Å². The maximum atomic E-state index is 11.9. The van der Waals surface area contributed by atoms with Crippen molar-refractivity contribution in [3.05, 3.63) is 33.8 Å². The van der Waals surface area contributed by atoms with E-state index in [9.17, 15) is 13.5 Å². The zero-order valence-corrected chi connectivity index (χ0v) is 12.5. The Morgan fingerprint density at radius 3 is 2.47 bits per heavy atom. The molecule has 1 aliphatic carbocycles. The van der Waals surface area contributed by atoms with Gasteiger partial charge in [-0.3, -0.25) is 0 Å². The third kappa shape index (κ3) is 4.07. The van der Waals surface area contributed by atoms with Crippen LogP contribution in [-0.4, -0.2) is 25.7 Å². The minimum Gasteiger partial charge on any atom is -0.389 e. The molecule has 1 saturated carbocycles. The molecule has 0 atom stereocenters. The van der Waals surface area contributed by atoms with Gasteiger partial charge in [0, 0.05) is 6.54 Å². The summed E-state index contributed by atoms with van der Waals surface area (Å²) in [6.45, 7) is 0.0661. The van der Waals surface area contributed by atoms with E-state index in [0.29, 0.717) is 28.5 Å². The average Bonchev–Trinajstić information content (AvgIpc) is 2.29. The molecule has 2 rings (SSSR count). The summed E-state index contributed by atoms with van der Waals surface area (Å²) in [5.74, 6) is -0.181. The molecule has 19 heavy (non-hydrogen) atoms. The fraction of sp³-hybridized carbons (Fsp3) is 0.500. The number of hydrogen-bond donors (Lipinski definition) is 2. The highest BCUT2D eigenvalue weighted by Gasteiger charge is 2.35. The van der Waals surface area contributed by atoms with Gasteiger partial charge >= 0.3 is 0 Å². The highest BCUT2D eigenvalue weighted by atomic mass is 35.5. The highest BCUT2D eigenvalue weighted by Crippen LogP contribution is 2.31. The van der Waals surface area contributed by atoms with E-state index in [4.69, 9.17) is 23.2 Å². The van der Waals surface area contributed by atoms with E-state index in [1.165, 1.54) is 6.07 Å². The van der Waals surface area contributed by atoms with Gasteiger partial charge in [0.25, 0.3) is 0 Å². The summed E-state index contributed by atoms with van der Waals surface area (Å²) in [4.78, 5) is 0. The first-order chi connectivity index (χ1) is 8.80. The summed E-state index contributed by atoms with van der Waals surface area (Å²) >= 11 is 11.6. The molecule has 0 saturated heterocycles. The minimum absolute atomic E-state index is 0.0661. The van der Waals surface area contributed by atoms with Gasteiger partial charge in [-0.2, -0.15) is 0 Å². The molecule has 0 radical (unpaired) electrons. The van der Waals surface area contributed by atoms with Crippen molar-refractivity contribution < 1.29 is 13.5 Å². The van der Waals surface area contributed by atoms with Crippen LogP contribution in [0.2, 0.25) is 10.0 Å². The van der Waals surface area contributed by atoms with Gasteiger partial charge in [0.2, 0.25) is 10.0 Å². The van der Waals surface area contributed by atoms with Crippen molar-refractivity contribution in [2.75, 3.05) is 6.54 Å². The Labute approximate surface area is 122 Å². The van der Waals surface area contributed by atoms with Crippen LogP contribution < -0.4 is 4.72 Å². The monoisotopic (exact) mass is 323 g/mol. The van der Waals surface area contributed by atoms with Crippen LogP contribution in [0.25, 0.3) is 0 Å².